The minimum absolute atomic E-state index is 0. The van der Waals surface area contributed by atoms with Gasteiger partial charge < -0.3 is 36.4 Å². The van der Waals surface area contributed by atoms with Crippen molar-refractivity contribution in [1.82, 2.24) is 9.80 Å². The summed E-state index contributed by atoms with van der Waals surface area (Å²) in [6.45, 7) is 5.19. The van der Waals surface area contributed by atoms with E-state index < -0.39 is 63.8 Å². The number of nitrogens with one attached hydrogen (secondary N) is 1. The molecule has 0 spiro atoms. The third-order valence-corrected chi connectivity index (χ3v) is 8.71. The lowest BCUT2D eigenvalue weighted by atomic mass is 9.57. The van der Waals surface area contributed by atoms with Gasteiger partial charge in [-0.15, -0.1) is 24.8 Å². The minimum atomic E-state index is -2.72. The summed E-state index contributed by atoms with van der Waals surface area (Å²) in [5.41, 5.74) is 2.54. The van der Waals surface area contributed by atoms with Gasteiger partial charge in [0, 0.05) is 31.3 Å². The van der Waals surface area contributed by atoms with Gasteiger partial charge in [0.1, 0.15) is 22.8 Å². The summed E-state index contributed by atoms with van der Waals surface area (Å²) in [4.78, 5) is 57.3. The Bertz CT molecular complexity index is 1440. The number of benzene rings is 1. The maximum Gasteiger partial charge on any atom is 0.255 e. The molecule has 0 aromatic heterocycles. The molecule has 0 aliphatic heterocycles. The van der Waals surface area contributed by atoms with Crippen molar-refractivity contribution in [3.8, 4) is 5.75 Å². The van der Waals surface area contributed by atoms with Gasteiger partial charge in [0.15, 0.2) is 11.4 Å². The predicted molar refractivity (Wildman–Crippen MR) is 169 cm³/mol. The summed E-state index contributed by atoms with van der Waals surface area (Å²) < 4.78 is 0. The van der Waals surface area contributed by atoms with E-state index in [1.165, 1.54) is 4.90 Å². The van der Waals surface area contributed by atoms with Crippen molar-refractivity contribution < 1.29 is 39.6 Å². The number of phenolic OH excluding ortho intramolecular Hbond substituents is 1. The monoisotopic (exact) mass is 657 g/mol. The average Bonchev–Trinajstić information content (AvgIpc) is 2.90. The fourth-order valence-corrected chi connectivity index (χ4v) is 6.63. The lowest BCUT2D eigenvalue weighted by Crippen LogP contribution is -2.65. The van der Waals surface area contributed by atoms with Crippen molar-refractivity contribution >= 4 is 65.3 Å². The molecule has 44 heavy (non-hydrogen) atoms. The highest BCUT2D eigenvalue weighted by molar-refractivity contribution is 6.24. The highest BCUT2D eigenvalue weighted by Crippen LogP contribution is 2.54. The van der Waals surface area contributed by atoms with Crippen LogP contribution in [0.5, 0.6) is 5.75 Å². The number of phenols is 1. The van der Waals surface area contributed by atoms with Crippen LogP contribution < -0.4 is 16.0 Å². The van der Waals surface area contributed by atoms with Crippen molar-refractivity contribution in [1.29, 1.82) is 0 Å². The van der Waals surface area contributed by atoms with E-state index in [0.29, 0.717) is 24.3 Å². The van der Waals surface area contributed by atoms with E-state index in [0.717, 1.165) is 0 Å². The van der Waals surface area contributed by atoms with Crippen molar-refractivity contribution in [3.05, 3.63) is 34.1 Å². The maximum absolute atomic E-state index is 14.1. The molecule has 1 fully saturated rings. The van der Waals surface area contributed by atoms with Crippen LogP contribution in [0.25, 0.3) is 5.76 Å². The van der Waals surface area contributed by atoms with Crippen LogP contribution in [0.15, 0.2) is 23.0 Å². The molecular formula is C29H41Cl2N5O8. The SMILES string of the molecule is CCN(CC)CC(=O)Nc1cc(N(C)C)c2c(c1O)C(O)=C1C(=O)C3(O)C(O)=C(C(N)=O)C(=O)[C@@H](N(C)C)C3CC1C2.Cl.Cl. The highest BCUT2D eigenvalue weighted by Gasteiger charge is 2.64. The van der Waals surface area contributed by atoms with E-state index in [1.807, 2.05) is 18.7 Å². The van der Waals surface area contributed by atoms with E-state index in [1.54, 1.807) is 39.2 Å². The molecule has 0 heterocycles. The zero-order valence-corrected chi connectivity index (χ0v) is 27.1. The Hall–Kier alpha value is -3.36. The number of aliphatic hydroxyl groups is 3. The second-order valence-corrected chi connectivity index (χ2v) is 11.5. The molecule has 3 unspecified atom stereocenters. The first-order valence-electron chi connectivity index (χ1n) is 13.8. The number of likely N-dealkylation sites (N-methyl/N-ethyl adjacent to an activating group) is 2. The molecule has 0 radical (unpaired) electrons. The van der Waals surface area contributed by atoms with Gasteiger partial charge in [-0.05, 0) is 57.6 Å². The number of anilines is 2. The Morgan fingerprint density at radius 2 is 1.66 bits per heavy atom. The van der Waals surface area contributed by atoms with Crippen molar-refractivity contribution in [2.75, 3.05) is 58.0 Å². The summed E-state index contributed by atoms with van der Waals surface area (Å²) in [6, 6.07) is 0.432. The van der Waals surface area contributed by atoms with Crippen molar-refractivity contribution in [2.45, 2.75) is 38.3 Å². The minimum Gasteiger partial charge on any atom is -0.508 e. The topological polar surface area (TPSA) is 197 Å². The zero-order chi connectivity index (χ0) is 31.4. The van der Waals surface area contributed by atoms with E-state index in [4.69, 9.17) is 5.73 Å². The molecule has 4 rings (SSSR count). The quantitative estimate of drug-likeness (QED) is 0.173. The van der Waals surface area contributed by atoms with Gasteiger partial charge in [-0.2, -0.15) is 0 Å². The van der Waals surface area contributed by atoms with Crippen molar-refractivity contribution in [3.63, 3.8) is 0 Å². The lowest BCUT2D eigenvalue weighted by Gasteiger charge is -2.50. The van der Waals surface area contributed by atoms with Crippen LogP contribution in [0.2, 0.25) is 0 Å². The number of Topliss-reactive ketones (excluding diaryl/α,β-unsaturated/α-hetero) is 2. The molecule has 3 aliphatic carbocycles. The molecule has 0 saturated heterocycles. The molecule has 1 aromatic rings. The number of carbonyl (C=O) groups is 4. The van der Waals surface area contributed by atoms with Gasteiger partial charge >= 0.3 is 0 Å². The second kappa shape index (κ2) is 13.3. The van der Waals surface area contributed by atoms with Crippen LogP contribution >= 0.6 is 24.8 Å². The number of ketones is 2. The van der Waals surface area contributed by atoms with E-state index in [9.17, 15) is 39.6 Å². The standard InChI is InChI=1S/C29H39N5O8.2ClH/c1-7-34(8-2)12-18(35)31-16-11-17(32(3)4)14-9-13-10-15-22(33(5)6)25(38)21(28(30)41)27(40)29(15,42)26(39)19(13)24(37)20(14)23(16)36;;/h11,13,15,22,36-37,40,42H,7-10,12H2,1-6H3,(H2,30,41)(H,31,35);2*1H/t13?,15?,22-,29?;;/m0../s1. The Labute approximate surface area is 268 Å². The van der Waals surface area contributed by atoms with E-state index >= 15 is 0 Å². The number of amides is 2. The molecule has 1 saturated carbocycles. The number of rotatable bonds is 8. The molecule has 4 atom stereocenters. The summed E-state index contributed by atoms with van der Waals surface area (Å²) >= 11 is 0. The van der Waals surface area contributed by atoms with Gasteiger partial charge in [0.2, 0.25) is 11.7 Å². The Kier molecular flexibility index (Phi) is 11.2. The number of hydrogen-bond acceptors (Lipinski definition) is 11. The summed E-state index contributed by atoms with van der Waals surface area (Å²) in [5.74, 6) is -7.67. The van der Waals surface area contributed by atoms with Crippen LogP contribution in [0.3, 0.4) is 0 Å². The first kappa shape index (κ1) is 36.8. The largest absolute Gasteiger partial charge is 0.508 e. The molecular weight excluding hydrogens is 617 g/mol. The second-order valence-electron chi connectivity index (χ2n) is 11.5. The summed E-state index contributed by atoms with van der Waals surface area (Å²) in [6.07, 6.45) is 0.130. The van der Waals surface area contributed by atoms with Crippen LogP contribution in [0.1, 0.15) is 31.4 Å². The molecule has 7 N–H and O–H groups in total. The number of halogens is 2. The molecule has 0 bridgehead atoms. The maximum atomic E-state index is 14.1. The third-order valence-electron chi connectivity index (χ3n) is 8.71. The summed E-state index contributed by atoms with van der Waals surface area (Å²) in [7, 11) is 6.61. The molecule has 15 heteroatoms. The number of aliphatic hydroxyl groups excluding tert-OH is 2. The van der Waals surface area contributed by atoms with E-state index in [2.05, 4.69) is 5.32 Å². The Morgan fingerprint density at radius 3 is 2.16 bits per heavy atom. The van der Waals surface area contributed by atoms with Gasteiger partial charge in [-0.3, -0.25) is 29.0 Å². The summed E-state index contributed by atoms with van der Waals surface area (Å²) in [5, 5.41) is 48.3. The number of fused-ring (bicyclic) bond motifs is 3. The number of hydrogen-bond donors (Lipinski definition) is 6. The highest BCUT2D eigenvalue weighted by atomic mass is 35.5. The predicted octanol–water partition coefficient (Wildman–Crippen LogP) is 1.15. The first-order valence-corrected chi connectivity index (χ1v) is 13.8. The van der Waals surface area contributed by atoms with Crippen LogP contribution in [0, 0.1) is 11.8 Å². The number of carbonyl (C=O) groups excluding carboxylic acids is 4. The van der Waals surface area contributed by atoms with Gasteiger partial charge in [-0.25, -0.2) is 0 Å². The van der Waals surface area contributed by atoms with Gasteiger partial charge in [0.25, 0.3) is 5.91 Å². The molecule has 1 aromatic carbocycles. The lowest BCUT2D eigenvalue weighted by molar-refractivity contribution is -0.153. The van der Waals surface area contributed by atoms with Crippen LogP contribution in [-0.4, -0.2) is 113 Å². The number of nitrogens with two attached hydrogens (primary N) is 1. The van der Waals surface area contributed by atoms with E-state index in [-0.39, 0.29) is 66.9 Å². The normalized spacial score (nSPS) is 24.2. The van der Waals surface area contributed by atoms with Crippen LogP contribution in [-0.2, 0) is 25.6 Å². The molecule has 3 aliphatic rings. The van der Waals surface area contributed by atoms with Gasteiger partial charge in [-0.1, -0.05) is 13.8 Å². The number of aromatic hydroxyl groups is 1. The fraction of sp³-hybridized carbons (Fsp3) is 0.517. The number of nitrogens with zero attached hydrogens (tertiary/aromatic N) is 3. The van der Waals surface area contributed by atoms with Crippen LogP contribution in [0.4, 0.5) is 11.4 Å². The molecule has 244 valence electrons. The Morgan fingerprint density at radius 1 is 1.07 bits per heavy atom. The molecule has 2 amide bonds. The molecule has 13 nitrogen and oxygen atoms in total. The third kappa shape index (κ3) is 5.63. The number of primary amides is 1. The average molecular weight is 659 g/mol. The van der Waals surface area contributed by atoms with Gasteiger partial charge in [0.05, 0.1) is 23.8 Å². The smallest absolute Gasteiger partial charge is 0.255 e. The van der Waals surface area contributed by atoms with Crippen molar-refractivity contribution in [2.24, 2.45) is 17.6 Å². The fourth-order valence-electron chi connectivity index (χ4n) is 6.63. The Balaban J connectivity index is 0.00000337. The first-order chi connectivity index (χ1) is 19.6. The zero-order valence-electron chi connectivity index (χ0n) is 25.5.